The fraction of sp³-hybridized carbons (Fsp3) is 0.586. The maximum Gasteiger partial charge on any atom is 0.459 e. The molecule has 0 aliphatic carbocycles. The summed E-state index contributed by atoms with van der Waals surface area (Å²) in [5, 5.41) is 15.4. The molecule has 0 spiro atoms. The summed E-state index contributed by atoms with van der Waals surface area (Å²) in [6.45, 7) is 7.59. The lowest BCUT2D eigenvalue weighted by Gasteiger charge is -2.25. The maximum atomic E-state index is 15.2. The Bertz CT molecular complexity index is 1390. The number of carbonyl (C=O) groups excluding carboxylic acids is 2. The molecule has 1 unspecified atom stereocenters. The second kappa shape index (κ2) is 15.9. The van der Waals surface area contributed by atoms with Gasteiger partial charge >= 0.3 is 25.3 Å². The van der Waals surface area contributed by atoms with Crippen molar-refractivity contribution in [1.82, 2.24) is 14.6 Å². The van der Waals surface area contributed by atoms with Crippen molar-refractivity contribution in [2.24, 2.45) is 5.92 Å². The molecule has 1 aliphatic heterocycles. The predicted octanol–water partition coefficient (Wildman–Crippen LogP) is 4.43. The second-order valence-corrected chi connectivity index (χ2v) is 12.6. The van der Waals surface area contributed by atoms with E-state index in [1.54, 1.807) is 32.0 Å². The first kappa shape index (κ1) is 36.2. The van der Waals surface area contributed by atoms with Crippen LogP contribution in [-0.2, 0) is 28.2 Å². The number of esters is 1. The third-order valence-corrected chi connectivity index (χ3v) is 8.44. The van der Waals surface area contributed by atoms with Gasteiger partial charge in [-0.1, -0.05) is 44.9 Å². The molecule has 1 aromatic carbocycles. The number of rotatable bonds is 16. The fourth-order valence-corrected chi connectivity index (χ4v) is 6.11. The molecule has 0 bridgehead atoms. The van der Waals surface area contributed by atoms with E-state index in [-0.39, 0.29) is 23.4 Å². The summed E-state index contributed by atoms with van der Waals surface area (Å²) in [6, 6.07) is 7.73. The van der Waals surface area contributed by atoms with Crippen LogP contribution >= 0.6 is 7.75 Å². The molecule has 45 heavy (non-hydrogen) atoms. The van der Waals surface area contributed by atoms with Crippen LogP contribution in [0.4, 0.5) is 14.6 Å². The molecular formula is C29H41F2N4O9P. The molecule has 0 saturated carbocycles. The topological polar surface area (TPSA) is 167 Å². The normalized spacial score (nSPS) is 21.3. The molecule has 5 atom stereocenters. The molecular weight excluding hydrogens is 617 g/mol. The lowest BCUT2D eigenvalue weighted by molar-refractivity contribution is -0.149. The summed E-state index contributed by atoms with van der Waals surface area (Å²) < 4.78 is 66.0. The highest BCUT2D eigenvalue weighted by molar-refractivity contribution is 7.52. The number of aliphatic hydroxyl groups excluding tert-OH is 1. The number of amides is 1. The molecule has 1 saturated heterocycles. The molecule has 250 valence electrons. The van der Waals surface area contributed by atoms with Gasteiger partial charge in [-0.25, -0.2) is 9.36 Å². The standard InChI is InChI=1S/C29H41F2N4O9P/c1-6-11-20(12-7-2)25(37)32-23-15-16-35(28(39)33-23)27-29(30,31)24(36)22(43-27)17-41-45(40,44-21-13-9-8-10-14-21)34-19(5)26(38)42-18(3)4/h8-10,13-16,18-20,22,24,27,36H,6-7,11-12,17H2,1-5H3,(H,34,40)(H,32,33,37,39)/t19?,22-,24-,27-,45+/m1/s1. The first-order chi connectivity index (χ1) is 21.2. The Hall–Kier alpha value is -3.23. The van der Waals surface area contributed by atoms with Crippen molar-refractivity contribution in [2.75, 3.05) is 11.9 Å². The Morgan fingerprint density at radius 1 is 1.13 bits per heavy atom. The Morgan fingerprint density at radius 3 is 2.36 bits per heavy atom. The van der Waals surface area contributed by atoms with Gasteiger partial charge in [0, 0.05) is 12.1 Å². The summed E-state index contributed by atoms with van der Waals surface area (Å²) in [7, 11) is -4.46. The van der Waals surface area contributed by atoms with Crippen LogP contribution in [0, 0.1) is 5.92 Å². The third-order valence-electron chi connectivity index (χ3n) is 6.79. The zero-order valence-electron chi connectivity index (χ0n) is 25.9. The van der Waals surface area contributed by atoms with Gasteiger partial charge in [0.2, 0.25) is 12.1 Å². The van der Waals surface area contributed by atoms with Crippen LogP contribution < -0.4 is 20.6 Å². The van der Waals surface area contributed by atoms with Crippen molar-refractivity contribution in [3.8, 4) is 5.75 Å². The van der Waals surface area contributed by atoms with E-state index in [0.29, 0.717) is 17.4 Å². The molecule has 3 rings (SSSR count). The summed E-state index contributed by atoms with van der Waals surface area (Å²) in [5.74, 6) is -5.44. The zero-order valence-corrected chi connectivity index (χ0v) is 26.7. The van der Waals surface area contributed by atoms with E-state index in [1.807, 2.05) is 13.8 Å². The second-order valence-electron chi connectivity index (χ2n) is 10.9. The average Bonchev–Trinajstić information content (AvgIpc) is 3.19. The van der Waals surface area contributed by atoms with E-state index in [2.05, 4.69) is 15.4 Å². The minimum Gasteiger partial charge on any atom is -0.462 e. The molecule has 1 aliphatic rings. The summed E-state index contributed by atoms with van der Waals surface area (Å²) in [6.07, 6.45) is -3.24. The lowest BCUT2D eigenvalue weighted by atomic mass is 9.97. The van der Waals surface area contributed by atoms with Crippen LogP contribution in [0.25, 0.3) is 0 Å². The van der Waals surface area contributed by atoms with Gasteiger partial charge in [0.05, 0.1) is 12.7 Å². The van der Waals surface area contributed by atoms with Gasteiger partial charge < -0.3 is 24.4 Å². The van der Waals surface area contributed by atoms with Gasteiger partial charge in [-0.15, -0.1) is 0 Å². The number of nitrogens with zero attached hydrogens (tertiary/aromatic N) is 2. The minimum absolute atomic E-state index is 0.0781. The number of anilines is 1. The van der Waals surface area contributed by atoms with Crippen LogP contribution in [0.5, 0.6) is 5.75 Å². The molecule has 1 fully saturated rings. The fourth-order valence-electron chi connectivity index (χ4n) is 4.60. The highest BCUT2D eigenvalue weighted by atomic mass is 31.2. The largest absolute Gasteiger partial charge is 0.462 e. The van der Waals surface area contributed by atoms with Crippen molar-refractivity contribution in [2.45, 2.75) is 96.8 Å². The molecule has 1 amide bonds. The third kappa shape index (κ3) is 9.63. The van der Waals surface area contributed by atoms with Crippen LogP contribution in [0.1, 0.15) is 66.5 Å². The van der Waals surface area contributed by atoms with Crippen LogP contribution in [0.15, 0.2) is 47.4 Å². The molecule has 16 heteroatoms. The Balaban J connectivity index is 1.77. The quantitative estimate of drug-likeness (QED) is 0.173. The van der Waals surface area contributed by atoms with Crippen molar-refractivity contribution in [3.63, 3.8) is 0 Å². The number of benzene rings is 1. The SMILES string of the molecule is CCCC(CCC)C(=O)Nc1ccn([C@@H]2O[C@H](CO[P@@](=O)(NC(C)C(=O)OC(C)C)Oc3ccccc3)[C@@H](O)C2(F)F)c(=O)n1. The highest BCUT2D eigenvalue weighted by Gasteiger charge is 2.60. The number of carbonyl (C=O) groups is 2. The number of aromatic nitrogens is 2. The minimum atomic E-state index is -4.46. The van der Waals surface area contributed by atoms with E-state index < -0.39 is 62.5 Å². The summed E-state index contributed by atoms with van der Waals surface area (Å²) in [4.78, 5) is 41.5. The number of hydrogen-bond acceptors (Lipinski definition) is 10. The molecule has 1 aromatic heterocycles. The van der Waals surface area contributed by atoms with Crippen LogP contribution in [0.2, 0.25) is 0 Å². The molecule has 2 aromatic rings. The summed E-state index contributed by atoms with van der Waals surface area (Å²) >= 11 is 0. The van der Waals surface area contributed by atoms with Gasteiger partial charge in [-0.05, 0) is 51.8 Å². The van der Waals surface area contributed by atoms with Gasteiger partial charge in [0.15, 0.2) is 6.10 Å². The van der Waals surface area contributed by atoms with Crippen molar-refractivity contribution in [1.29, 1.82) is 0 Å². The summed E-state index contributed by atoms with van der Waals surface area (Å²) in [5.41, 5.74) is -1.16. The molecule has 2 heterocycles. The number of para-hydroxylation sites is 1. The van der Waals surface area contributed by atoms with E-state index in [0.717, 1.165) is 19.0 Å². The first-order valence-corrected chi connectivity index (χ1v) is 16.3. The van der Waals surface area contributed by atoms with Gasteiger partial charge in [-0.3, -0.25) is 18.7 Å². The molecule has 13 nitrogen and oxygen atoms in total. The van der Waals surface area contributed by atoms with Gasteiger partial charge in [0.25, 0.3) is 0 Å². The van der Waals surface area contributed by atoms with Crippen molar-refractivity contribution >= 4 is 25.4 Å². The number of ether oxygens (including phenoxy) is 2. The van der Waals surface area contributed by atoms with Crippen molar-refractivity contribution < 1.29 is 46.6 Å². The monoisotopic (exact) mass is 658 g/mol. The van der Waals surface area contributed by atoms with Crippen LogP contribution in [-0.4, -0.2) is 63.4 Å². The molecule has 0 radical (unpaired) electrons. The first-order valence-electron chi connectivity index (χ1n) is 14.8. The zero-order chi connectivity index (χ0) is 33.4. The maximum absolute atomic E-state index is 15.2. The van der Waals surface area contributed by atoms with Gasteiger partial charge in [-0.2, -0.15) is 18.9 Å². The number of halogens is 2. The average molecular weight is 659 g/mol. The van der Waals surface area contributed by atoms with E-state index in [4.69, 9.17) is 18.5 Å². The Labute approximate surface area is 260 Å². The van der Waals surface area contributed by atoms with Gasteiger partial charge in [0.1, 0.15) is 23.7 Å². The van der Waals surface area contributed by atoms with Crippen molar-refractivity contribution in [3.05, 3.63) is 53.1 Å². The number of alkyl halides is 2. The van der Waals surface area contributed by atoms with E-state index in [1.165, 1.54) is 25.1 Å². The smallest absolute Gasteiger partial charge is 0.459 e. The molecule has 3 N–H and O–H groups in total. The number of nitrogens with one attached hydrogen (secondary N) is 2. The Kier molecular flexibility index (Phi) is 12.8. The number of hydrogen-bond donors (Lipinski definition) is 3. The number of aliphatic hydroxyl groups is 1. The van der Waals surface area contributed by atoms with Crippen LogP contribution in [0.3, 0.4) is 0 Å². The Morgan fingerprint density at radius 2 is 1.78 bits per heavy atom. The van der Waals surface area contributed by atoms with E-state index >= 15 is 8.78 Å². The van der Waals surface area contributed by atoms with E-state index in [9.17, 15) is 24.1 Å². The predicted molar refractivity (Wildman–Crippen MR) is 160 cm³/mol. The highest BCUT2D eigenvalue weighted by Crippen LogP contribution is 2.48. The lowest BCUT2D eigenvalue weighted by Crippen LogP contribution is -2.42.